The Kier molecular flexibility index (Phi) is 11.8. The summed E-state index contributed by atoms with van der Waals surface area (Å²) in [5.41, 5.74) is 6.86. The van der Waals surface area contributed by atoms with E-state index in [2.05, 4.69) is 32.2 Å². The number of hydrogen-bond donors (Lipinski definition) is 2. The molecule has 0 bridgehead atoms. The molecular weight excluding hydrogens is 212 g/mol. The van der Waals surface area contributed by atoms with Gasteiger partial charge >= 0.3 is 0 Å². The van der Waals surface area contributed by atoms with Gasteiger partial charge in [-0.1, -0.05) is 25.5 Å². The number of nitrogens with one attached hydrogen (secondary N) is 1. The van der Waals surface area contributed by atoms with Crippen LogP contribution in [-0.4, -0.2) is 32.8 Å². The van der Waals surface area contributed by atoms with Crippen LogP contribution in [0.1, 0.15) is 40.0 Å². The quantitative estimate of drug-likeness (QED) is 0.432. The first-order chi connectivity index (χ1) is 8.18. The zero-order valence-corrected chi connectivity index (χ0v) is 11.8. The Hall–Kier alpha value is -0.380. The van der Waals surface area contributed by atoms with Gasteiger partial charge in [0.05, 0.1) is 6.61 Å². The lowest BCUT2D eigenvalue weighted by Crippen LogP contribution is -2.20. The van der Waals surface area contributed by atoms with Crippen molar-refractivity contribution in [2.24, 2.45) is 11.7 Å². The van der Waals surface area contributed by atoms with Crippen LogP contribution in [0.15, 0.2) is 11.6 Å². The summed E-state index contributed by atoms with van der Waals surface area (Å²) >= 11 is 0. The molecule has 0 aromatic heterocycles. The molecule has 0 aliphatic carbocycles. The molecular formula is C14H30N2O. The van der Waals surface area contributed by atoms with E-state index < -0.39 is 0 Å². The summed E-state index contributed by atoms with van der Waals surface area (Å²) in [5.74, 6) is 0.649. The summed E-state index contributed by atoms with van der Waals surface area (Å²) in [6.07, 6.45) is 5.68. The van der Waals surface area contributed by atoms with E-state index in [-0.39, 0.29) is 0 Å². The highest BCUT2D eigenvalue weighted by Crippen LogP contribution is 2.06. The van der Waals surface area contributed by atoms with Gasteiger partial charge in [0.1, 0.15) is 0 Å². The monoisotopic (exact) mass is 242 g/mol. The van der Waals surface area contributed by atoms with E-state index in [1.165, 1.54) is 12.0 Å². The number of nitrogens with two attached hydrogens (primary N) is 1. The molecule has 0 radical (unpaired) electrons. The van der Waals surface area contributed by atoms with Crippen molar-refractivity contribution in [2.75, 3.05) is 32.8 Å². The largest absolute Gasteiger partial charge is 0.380 e. The summed E-state index contributed by atoms with van der Waals surface area (Å²) in [4.78, 5) is 0. The molecule has 0 spiro atoms. The van der Waals surface area contributed by atoms with Crippen molar-refractivity contribution < 1.29 is 4.74 Å². The molecule has 0 amide bonds. The molecule has 3 nitrogen and oxygen atoms in total. The van der Waals surface area contributed by atoms with Crippen LogP contribution in [0.25, 0.3) is 0 Å². The molecule has 0 saturated carbocycles. The Morgan fingerprint density at radius 1 is 1.24 bits per heavy atom. The summed E-state index contributed by atoms with van der Waals surface area (Å²) < 4.78 is 5.51. The maximum absolute atomic E-state index is 5.51. The van der Waals surface area contributed by atoms with E-state index in [1.54, 1.807) is 0 Å². The Morgan fingerprint density at radius 2 is 2.00 bits per heavy atom. The molecule has 0 aromatic carbocycles. The molecule has 0 saturated heterocycles. The molecule has 0 unspecified atom stereocenters. The van der Waals surface area contributed by atoms with E-state index >= 15 is 0 Å². The van der Waals surface area contributed by atoms with E-state index in [4.69, 9.17) is 10.5 Å². The minimum atomic E-state index is 0.649. The third-order valence-corrected chi connectivity index (χ3v) is 2.90. The minimum Gasteiger partial charge on any atom is -0.380 e. The van der Waals surface area contributed by atoms with Crippen molar-refractivity contribution in [1.29, 1.82) is 0 Å². The second-order valence-corrected chi connectivity index (χ2v) is 4.77. The van der Waals surface area contributed by atoms with Crippen LogP contribution in [0.2, 0.25) is 0 Å². The Labute approximate surface area is 107 Å². The molecule has 3 heteroatoms. The number of allylic oxidation sites excluding steroid dienone is 1. The van der Waals surface area contributed by atoms with Crippen molar-refractivity contribution in [3.05, 3.63) is 11.6 Å². The van der Waals surface area contributed by atoms with Gasteiger partial charge < -0.3 is 15.8 Å². The third-order valence-electron chi connectivity index (χ3n) is 2.90. The molecule has 102 valence electrons. The third kappa shape index (κ3) is 11.9. The first kappa shape index (κ1) is 16.6. The van der Waals surface area contributed by atoms with Crippen LogP contribution < -0.4 is 11.1 Å². The average Bonchev–Trinajstić information content (AvgIpc) is 2.31. The van der Waals surface area contributed by atoms with Crippen molar-refractivity contribution >= 4 is 0 Å². The second kappa shape index (κ2) is 12.1. The average molecular weight is 242 g/mol. The second-order valence-electron chi connectivity index (χ2n) is 4.77. The smallest absolute Gasteiger partial charge is 0.0591 e. The van der Waals surface area contributed by atoms with Gasteiger partial charge in [0.2, 0.25) is 0 Å². The molecule has 0 aromatic rings. The van der Waals surface area contributed by atoms with Crippen LogP contribution in [0, 0.1) is 5.92 Å². The molecule has 0 atom stereocenters. The van der Waals surface area contributed by atoms with Gasteiger partial charge in [0.15, 0.2) is 0 Å². The minimum absolute atomic E-state index is 0.649. The van der Waals surface area contributed by atoms with E-state index in [0.717, 1.165) is 45.7 Å². The normalized spacial score (nSPS) is 12.4. The van der Waals surface area contributed by atoms with E-state index in [9.17, 15) is 0 Å². The van der Waals surface area contributed by atoms with Gasteiger partial charge in [-0.15, -0.1) is 0 Å². The standard InChI is InChI=1S/C14H30N2O/c1-13(2)14(3)7-9-16-10-12-17-11-6-4-5-8-15/h7,13,16H,4-6,8-12,15H2,1-3H3/b14-7+. The van der Waals surface area contributed by atoms with Crippen molar-refractivity contribution in [1.82, 2.24) is 5.32 Å². The van der Waals surface area contributed by atoms with Gasteiger partial charge in [-0.25, -0.2) is 0 Å². The number of ether oxygens (including phenoxy) is 1. The van der Waals surface area contributed by atoms with Crippen molar-refractivity contribution in [2.45, 2.75) is 40.0 Å². The fourth-order valence-electron chi connectivity index (χ4n) is 1.34. The predicted octanol–water partition coefficient (Wildman–Crippen LogP) is 2.32. The summed E-state index contributed by atoms with van der Waals surface area (Å²) in [6, 6.07) is 0. The maximum Gasteiger partial charge on any atom is 0.0591 e. The lowest BCUT2D eigenvalue weighted by molar-refractivity contribution is 0.132. The van der Waals surface area contributed by atoms with Crippen molar-refractivity contribution in [3.8, 4) is 0 Å². The lowest BCUT2D eigenvalue weighted by atomic mass is 10.1. The highest BCUT2D eigenvalue weighted by molar-refractivity contribution is 5.01. The molecule has 17 heavy (non-hydrogen) atoms. The number of unbranched alkanes of at least 4 members (excludes halogenated alkanes) is 2. The zero-order chi connectivity index (χ0) is 12.9. The highest BCUT2D eigenvalue weighted by atomic mass is 16.5. The SMILES string of the molecule is C/C(=C\CNCCOCCCCCN)C(C)C. The van der Waals surface area contributed by atoms with Gasteiger partial charge in [-0.3, -0.25) is 0 Å². The Balaban J connectivity index is 3.16. The Morgan fingerprint density at radius 3 is 2.65 bits per heavy atom. The first-order valence-electron chi connectivity index (χ1n) is 6.83. The van der Waals surface area contributed by atoms with Crippen LogP contribution in [0.4, 0.5) is 0 Å². The first-order valence-corrected chi connectivity index (χ1v) is 6.83. The van der Waals surface area contributed by atoms with E-state index in [1.807, 2.05) is 0 Å². The van der Waals surface area contributed by atoms with Gasteiger partial charge in [0.25, 0.3) is 0 Å². The summed E-state index contributed by atoms with van der Waals surface area (Å²) in [7, 11) is 0. The summed E-state index contributed by atoms with van der Waals surface area (Å²) in [6.45, 7) is 11.0. The summed E-state index contributed by atoms with van der Waals surface area (Å²) in [5, 5.41) is 3.35. The highest BCUT2D eigenvalue weighted by Gasteiger charge is 1.94. The van der Waals surface area contributed by atoms with Gasteiger partial charge in [0, 0.05) is 19.7 Å². The van der Waals surface area contributed by atoms with E-state index in [0.29, 0.717) is 5.92 Å². The molecule has 0 aliphatic heterocycles. The molecule has 0 aliphatic rings. The molecule has 0 heterocycles. The fraction of sp³-hybridized carbons (Fsp3) is 0.857. The zero-order valence-electron chi connectivity index (χ0n) is 11.8. The Bertz CT molecular complexity index is 191. The van der Waals surface area contributed by atoms with Crippen LogP contribution >= 0.6 is 0 Å². The van der Waals surface area contributed by atoms with Crippen LogP contribution in [0.5, 0.6) is 0 Å². The van der Waals surface area contributed by atoms with Gasteiger partial charge in [-0.05, 0) is 38.6 Å². The number of hydrogen-bond acceptors (Lipinski definition) is 3. The fourth-order valence-corrected chi connectivity index (χ4v) is 1.34. The maximum atomic E-state index is 5.51. The van der Waals surface area contributed by atoms with Crippen molar-refractivity contribution in [3.63, 3.8) is 0 Å². The van der Waals surface area contributed by atoms with Crippen LogP contribution in [0.3, 0.4) is 0 Å². The topological polar surface area (TPSA) is 47.3 Å². The number of rotatable bonds is 11. The molecule has 0 rings (SSSR count). The lowest BCUT2D eigenvalue weighted by Gasteiger charge is -2.07. The molecule has 0 fully saturated rings. The van der Waals surface area contributed by atoms with Gasteiger partial charge in [-0.2, -0.15) is 0 Å². The molecule has 3 N–H and O–H groups in total. The predicted molar refractivity (Wildman–Crippen MR) is 75.2 cm³/mol. The van der Waals surface area contributed by atoms with Crippen LogP contribution in [-0.2, 0) is 4.74 Å².